The minimum absolute atomic E-state index is 0.0273. The Balaban J connectivity index is 1.43. The third-order valence-electron chi connectivity index (χ3n) is 7.19. The fourth-order valence-corrected chi connectivity index (χ4v) is 6.17. The number of halogens is 1. The van der Waals surface area contributed by atoms with Crippen molar-refractivity contribution in [2.45, 2.75) is 70.6 Å². The molecule has 208 valence electrons. The second-order valence-corrected chi connectivity index (χ2v) is 13.3. The summed E-state index contributed by atoms with van der Waals surface area (Å²) in [6.45, 7) is 5.35. The number of benzene rings is 2. The Hall–Kier alpha value is -3.45. The van der Waals surface area contributed by atoms with Gasteiger partial charge in [-0.2, -0.15) is 5.26 Å². The van der Waals surface area contributed by atoms with Gasteiger partial charge in [0.2, 0.25) is 10.0 Å². The van der Waals surface area contributed by atoms with Gasteiger partial charge in [-0.15, -0.1) is 0 Å². The van der Waals surface area contributed by atoms with Gasteiger partial charge in [-0.3, -0.25) is 14.4 Å². The third kappa shape index (κ3) is 6.95. The van der Waals surface area contributed by atoms with Crippen LogP contribution in [0, 0.1) is 29.0 Å². The number of sulfonamides is 1. The lowest BCUT2D eigenvalue weighted by atomic mass is 9.87. The van der Waals surface area contributed by atoms with Gasteiger partial charge in [-0.25, -0.2) is 17.6 Å². The van der Waals surface area contributed by atoms with Crippen LogP contribution >= 0.6 is 0 Å². The number of fused-ring (bicyclic) bond motifs is 2. The third-order valence-corrected chi connectivity index (χ3v) is 7.80. The average molecular weight is 556 g/mol. The summed E-state index contributed by atoms with van der Waals surface area (Å²) in [5.74, 6) is -1.35. The maximum atomic E-state index is 15.1. The molecular formula is C29H34FN3O5S. The van der Waals surface area contributed by atoms with Gasteiger partial charge in [0.05, 0.1) is 24.3 Å². The number of hydrogen-bond donors (Lipinski definition) is 1. The van der Waals surface area contributed by atoms with Crippen LogP contribution in [0.1, 0.15) is 52.0 Å². The molecule has 2 aromatic carbocycles. The molecule has 0 aromatic heterocycles. The Kier molecular flexibility index (Phi) is 8.03. The zero-order valence-electron chi connectivity index (χ0n) is 22.6. The number of nitrogens with one attached hydrogen (secondary N) is 1. The van der Waals surface area contributed by atoms with Gasteiger partial charge in [0.15, 0.2) is 5.78 Å². The molecule has 2 aromatic rings. The van der Waals surface area contributed by atoms with Gasteiger partial charge in [-0.05, 0) is 87.3 Å². The van der Waals surface area contributed by atoms with Crippen LogP contribution in [0.4, 0.5) is 14.9 Å². The summed E-state index contributed by atoms with van der Waals surface area (Å²) in [6.07, 6.45) is 3.02. The molecule has 1 aliphatic heterocycles. The summed E-state index contributed by atoms with van der Waals surface area (Å²) in [5, 5.41) is 9.79. The van der Waals surface area contributed by atoms with Crippen molar-refractivity contribution in [3.8, 4) is 17.2 Å². The molecule has 8 nitrogen and oxygen atoms in total. The quantitative estimate of drug-likeness (QED) is 0.473. The Morgan fingerprint density at radius 3 is 2.41 bits per heavy atom. The number of rotatable bonds is 8. The predicted octanol–water partition coefficient (Wildman–Crippen LogP) is 5.29. The summed E-state index contributed by atoms with van der Waals surface area (Å²) in [5.41, 5.74) is 1.35. The lowest BCUT2D eigenvalue weighted by Gasteiger charge is -2.35. The van der Waals surface area contributed by atoms with Crippen LogP contribution in [0.5, 0.6) is 0 Å². The smallest absolute Gasteiger partial charge is 0.411 e. The molecule has 4 atom stereocenters. The predicted molar refractivity (Wildman–Crippen MR) is 146 cm³/mol. The van der Waals surface area contributed by atoms with Crippen LogP contribution in [0.3, 0.4) is 0 Å². The van der Waals surface area contributed by atoms with Gasteiger partial charge in [-0.1, -0.05) is 24.3 Å². The number of carbonyl (C=O) groups is 2. The molecule has 1 saturated carbocycles. The largest absolute Gasteiger partial charge is 0.444 e. The number of nitrogens with zero attached hydrogens (tertiary/aromatic N) is 2. The number of ketones is 1. The highest BCUT2D eigenvalue weighted by atomic mass is 32.2. The molecule has 1 N–H and O–H groups in total. The lowest BCUT2D eigenvalue weighted by Crippen LogP contribution is -2.51. The summed E-state index contributed by atoms with van der Waals surface area (Å²) >= 11 is 0. The van der Waals surface area contributed by atoms with Crippen molar-refractivity contribution in [1.29, 1.82) is 5.26 Å². The van der Waals surface area contributed by atoms with E-state index in [9.17, 15) is 23.3 Å². The minimum Gasteiger partial charge on any atom is -0.444 e. The summed E-state index contributed by atoms with van der Waals surface area (Å²) < 4.78 is 45.8. The average Bonchev–Trinajstić information content (AvgIpc) is 3.45. The molecule has 2 bridgehead atoms. The highest BCUT2D eigenvalue weighted by Gasteiger charge is 2.52. The van der Waals surface area contributed by atoms with Gasteiger partial charge in [0.25, 0.3) is 0 Å². The molecule has 1 heterocycles. The molecule has 4 rings (SSSR count). The molecule has 2 fully saturated rings. The number of nitriles is 1. The molecule has 39 heavy (non-hydrogen) atoms. The van der Waals surface area contributed by atoms with Gasteiger partial charge < -0.3 is 4.74 Å². The number of ether oxygens (including phenoxy) is 1. The molecule has 0 spiro atoms. The summed E-state index contributed by atoms with van der Waals surface area (Å²) in [7, 11) is -3.40. The lowest BCUT2D eigenvalue weighted by molar-refractivity contribution is -0.126. The molecule has 1 saturated heterocycles. The van der Waals surface area contributed by atoms with Gasteiger partial charge in [0.1, 0.15) is 11.4 Å². The van der Waals surface area contributed by atoms with E-state index < -0.39 is 39.5 Å². The van der Waals surface area contributed by atoms with Crippen LogP contribution in [0.2, 0.25) is 0 Å². The van der Waals surface area contributed by atoms with E-state index in [1.165, 1.54) is 6.07 Å². The summed E-state index contributed by atoms with van der Waals surface area (Å²) in [6, 6.07) is 12.8. The fraction of sp³-hybridized carbons (Fsp3) is 0.483. The fourth-order valence-electron chi connectivity index (χ4n) is 5.61. The van der Waals surface area contributed by atoms with Gasteiger partial charge in [0, 0.05) is 18.2 Å². The van der Waals surface area contributed by atoms with E-state index in [2.05, 4.69) is 10.8 Å². The van der Waals surface area contributed by atoms with E-state index in [4.69, 9.17) is 4.74 Å². The van der Waals surface area contributed by atoms with Gasteiger partial charge >= 0.3 is 6.09 Å². The highest BCUT2D eigenvalue weighted by molar-refractivity contribution is 7.92. The van der Waals surface area contributed by atoms with Crippen LogP contribution < -0.4 is 4.72 Å². The standard InChI is InChI=1S/C29H34FN3O5S/c1-29(2,3)38-28(35)33-24-12-9-22(15-24)27(33)26(34)14-18(17-31)13-21-6-5-20(16-25(21)30)19-7-10-23(11-8-19)32-39(4,36)37/h5-8,10-11,16,18,22,24,27,32H,9,12-15H2,1-4H3/t18?,22-,24+,27-/m0/s1. The second kappa shape index (κ2) is 11.0. The van der Waals surface area contributed by atoms with Crippen molar-refractivity contribution in [3.63, 3.8) is 0 Å². The molecule has 2 aliphatic rings. The van der Waals surface area contributed by atoms with E-state index in [1.807, 2.05) is 0 Å². The zero-order chi connectivity index (χ0) is 28.5. The molecule has 1 amide bonds. The Labute approximate surface area is 229 Å². The number of anilines is 1. The van der Waals surface area contributed by atoms with Crippen LogP contribution in [0.25, 0.3) is 11.1 Å². The van der Waals surface area contributed by atoms with Crippen molar-refractivity contribution < 1.29 is 27.1 Å². The minimum atomic E-state index is -3.40. The number of hydrogen-bond acceptors (Lipinski definition) is 6. The molecule has 10 heteroatoms. The maximum Gasteiger partial charge on any atom is 0.411 e. The van der Waals surface area contributed by atoms with E-state index in [0.29, 0.717) is 22.4 Å². The van der Waals surface area contributed by atoms with Crippen molar-refractivity contribution in [2.75, 3.05) is 11.0 Å². The Morgan fingerprint density at radius 1 is 1.15 bits per heavy atom. The first-order valence-electron chi connectivity index (χ1n) is 13.0. The topological polar surface area (TPSA) is 117 Å². The Morgan fingerprint density at radius 2 is 1.82 bits per heavy atom. The first kappa shape index (κ1) is 28.6. The highest BCUT2D eigenvalue weighted by Crippen LogP contribution is 2.44. The zero-order valence-corrected chi connectivity index (χ0v) is 23.4. The van der Waals surface area contributed by atoms with Crippen molar-refractivity contribution in [3.05, 3.63) is 53.8 Å². The monoisotopic (exact) mass is 555 g/mol. The van der Waals surface area contributed by atoms with Crippen LogP contribution in [0.15, 0.2) is 42.5 Å². The maximum absolute atomic E-state index is 15.1. The Bertz CT molecular complexity index is 1400. The molecule has 1 unspecified atom stereocenters. The number of likely N-dealkylation sites (tertiary alicyclic amines) is 1. The van der Waals surface area contributed by atoms with Crippen LogP contribution in [-0.4, -0.2) is 49.1 Å². The van der Waals surface area contributed by atoms with Crippen molar-refractivity contribution in [1.82, 2.24) is 4.90 Å². The SMILES string of the molecule is CC(C)(C)OC(=O)N1[C@@H]2CC[C@@H](C2)[C@H]1C(=O)CC(C#N)Cc1ccc(-c2ccc(NS(C)(=O)=O)cc2)cc1F. The summed E-state index contributed by atoms with van der Waals surface area (Å²) in [4.78, 5) is 27.8. The van der Waals surface area contributed by atoms with Crippen molar-refractivity contribution in [2.24, 2.45) is 11.8 Å². The van der Waals surface area contributed by atoms with E-state index in [0.717, 1.165) is 25.5 Å². The normalized spacial score (nSPS) is 21.3. The number of piperidine rings is 1. The number of amides is 1. The van der Waals surface area contributed by atoms with E-state index in [-0.39, 0.29) is 30.6 Å². The van der Waals surface area contributed by atoms with E-state index in [1.54, 1.807) is 62.1 Å². The second-order valence-electron chi connectivity index (χ2n) is 11.5. The van der Waals surface area contributed by atoms with Crippen LogP contribution in [-0.2, 0) is 26.0 Å². The van der Waals surface area contributed by atoms with Crippen molar-refractivity contribution >= 4 is 27.6 Å². The number of carbonyl (C=O) groups excluding carboxylic acids is 2. The molecular weight excluding hydrogens is 521 g/mol. The first-order valence-corrected chi connectivity index (χ1v) is 14.9. The first-order chi connectivity index (χ1) is 18.2. The number of Topliss-reactive ketones (excluding diaryl/α,β-unsaturated/α-hetero) is 1. The molecule has 1 aliphatic carbocycles. The van der Waals surface area contributed by atoms with E-state index >= 15 is 4.39 Å². The molecule has 0 radical (unpaired) electrons.